The lowest BCUT2D eigenvalue weighted by atomic mass is 10.0. The standard InChI is InChI=1S/C11H25N3O2S/c1-10-5-8-14(9-6-10)17(15,16)13(3)11(2)4-7-12/h10-11H,4-9,12H2,1-3H3. The molecule has 0 spiro atoms. The lowest BCUT2D eigenvalue weighted by Crippen LogP contribution is -2.48. The second-order valence-electron chi connectivity index (χ2n) is 5.03. The molecule has 17 heavy (non-hydrogen) atoms. The zero-order valence-corrected chi connectivity index (χ0v) is 11.9. The van der Waals surface area contributed by atoms with Gasteiger partial charge < -0.3 is 5.73 Å². The van der Waals surface area contributed by atoms with Crippen LogP contribution in [0.15, 0.2) is 0 Å². The Morgan fingerprint density at radius 3 is 2.41 bits per heavy atom. The Labute approximate surface area is 105 Å². The van der Waals surface area contributed by atoms with Crippen LogP contribution in [-0.4, -0.2) is 49.8 Å². The summed E-state index contributed by atoms with van der Waals surface area (Å²) in [6, 6.07) is -0.0376. The molecule has 0 radical (unpaired) electrons. The van der Waals surface area contributed by atoms with Gasteiger partial charge >= 0.3 is 0 Å². The van der Waals surface area contributed by atoms with Crippen molar-refractivity contribution in [3.05, 3.63) is 0 Å². The minimum absolute atomic E-state index is 0.0376. The molecule has 6 heteroatoms. The summed E-state index contributed by atoms with van der Waals surface area (Å²) >= 11 is 0. The summed E-state index contributed by atoms with van der Waals surface area (Å²) in [5.74, 6) is 0.633. The van der Waals surface area contributed by atoms with E-state index in [-0.39, 0.29) is 6.04 Å². The maximum absolute atomic E-state index is 12.3. The van der Waals surface area contributed by atoms with Gasteiger partial charge in [0.05, 0.1) is 0 Å². The van der Waals surface area contributed by atoms with Gasteiger partial charge in [-0.1, -0.05) is 6.92 Å². The van der Waals surface area contributed by atoms with Gasteiger partial charge in [-0.15, -0.1) is 0 Å². The van der Waals surface area contributed by atoms with Gasteiger partial charge in [-0.05, 0) is 38.6 Å². The Bertz CT molecular complexity index is 316. The van der Waals surface area contributed by atoms with Crippen molar-refractivity contribution in [1.82, 2.24) is 8.61 Å². The number of nitrogens with zero attached hydrogens (tertiary/aromatic N) is 2. The van der Waals surface area contributed by atoms with Crippen molar-refractivity contribution >= 4 is 10.2 Å². The molecule has 1 rings (SSSR count). The lowest BCUT2D eigenvalue weighted by Gasteiger charge is -2.34. The molecule has 1 unspecified atom stereocenters. The van der Waals surface area contributed by atoms with E-state index >= 15 is 0 Å². The summed E-state index contributed by atoms with van der Waals surface area (Å²) in [6.45, 7) is 5.87. The summed E-state index contributed by atoms with van der Waals surface area (Å²) in [4.78, 5) is 0. The minimum Gasteiger partial charge on any atom is -0.330 e. The van der Waals surface area contributed by atoms with E-state index in [0.717, 1.165) is 12.8 Å². The predicted octanol–water partition coefficient (Wildman–Crippen LogP) is 0.632. The fraction of sp³-hybridized carbons (Fsp3) is 1.00. The van der Waals surface area contributed by atoms with Crippen molar-refractivity contribution in [1.29, 1.82) is 0 Å². The van der Waals surface area contributed by atoms with Gasteiger partial charge in [0, 0.05) is 26.2 Å². The second-order valence-corrected chi connectivity index (χ2v) is 7.02. The van der Waals surface area contributed by atoms with Crippen LogP contribution in [0.1, 0.15) is 33.1 Å². The van der Waals surface area contributed by atoms with Crippen molar-refractivity contribution < 1.29 is 8.42 Å². The van der Waals surface area contributed by atoms with E-state index in [1.165, 1.54) is 4.31 Å². The van der Waals surface area contributed by atoms with E-state index in [1.54, 1.807) is 11.4 Å². The van der Waals surface area contributed by atoms with Gasteiger partial charge in [0.2, 0.25) is 0 Å². The molecule has 0 bridgehead atoms. The molecular formula is C11H25N3O2S. The van der Waals surface area contributed by atoms with Crippen LogP contribution in [0.25, 0.3) is 0 Å². The average molecular weight is 263 g/mol. The summed E-state index contributed by atoms with van der Waals surface area (Å²) in [6.07, 6.45) is 2.61. The number of hydrogen-bond acceptors (Lipinski definition) is 3. The third-order valence-electron chi connectivity index (χ3n) is 3.64. The average Bonchev–Trinajstić information content (AvgIpc) is 2.29. The molecule has 0 aromatic heterocycles. The van der Waals surface area contributed by atoms with Crippen LogP contribution >= 0.6 is 0 Å². The molecule has 1 atom stereocenters. The maximum Gasteiger partial charge on any atom is 0.281 e. The van der Waals surface area contributed by atoms with Crippen LogP contribution in [0.5, 0.6) is 0 Å². The van der Waals surface area contributed by atoms with Crippen LogP contribution in [0.2, 0.25) is 0 Å². The molecule has 0 aromatic rings. The molecule has 2 N–H and O–H groups in total. The van der Waals surface area contributed by atoms with Gasteiger partial charge in [0.25, 0.3) is 10.2 Å². The molecule has 0 amide bonds. The molecule has 102 valence electrons. The third kappa shape index (κ3) is 3.64. The normalized spacial score (nSPS) is 21.9. The molecule has 0 aliphatic carbocycles. The molecule has 1 aliphatic rings. The highest BCUT2D eigenvalue weighted by Gasteiger charge is 2.31. The second kappa shape index (κ2) is 6.13. The van der Waals surface area contributed by atoms with Crippen molar-refractivity contribution in [2.24, 2.45) is 11.7 Å². The van der Waals surface area contributed by atoms with Crippen molar-refractivity contribution in [2.75, 3.05) is 26.7 Å². The van der Waals surface area contributed by atoms with Crippen LogP contribution in [0.4, 0.5) is 0 Å². The molecule has 5 nitrogen and oxygen atoms in total. The first-order chi connectivity index (χ1) is 7.89. The highest BCUT2D eigenvalue weighted by molar-refractivity contribution is 7.86. The smallest absolute Gasteiger partial charge is 0.281 e. The van der Waals surface area contributed by atoms with Crippen LogP contribution in [0, 0.1) is 5.92 Å². The monoisotopic (exact) mass is 263 g/mol. The molecule has 0 saturated carbocycles. The lowest BCUT2D eigenvalue weighted by molar-refractivity contribution is 0.258. The Hall–Kier alpha value is -0.170. The summed E-state index contributed by atoms with van der Waals surface area (Å²) in [5, 5.41) is 0. The highest BCUT2D eigenvalue weighted by Crippen LogP contribution is 2.21. The van der Waals surface area contributed by atoms with Gasteiger partial charge in [-0.3, -0.25) is 0 Å². The Morgan fingerprint density at radius 1 is 1.41 bits per heavy atom. The van der Waals surface area contributed by atoms with E-state index in [2.05, 4.69) is 6.92 Å². The van der Waals surface area contributed by atoms with Gasteiger partial charge in [-0.25, -0.2) is 0 Å². The zero-order chi connectivity index (χ0) is 13.1. The van der Waals surface area contributed by atoms with Crippen LogP contribution in [0.3, 0.4) is 0 Å². The van der Waals surface area contributed by atoms with E-state index in [9.17, 15) is 8.42 Å². The largest absolute Gasteiger partial charge is 0.330 e. The molecule has 1 heterocycles. The fourth-order valence-corrected chi connectivity index (χ4v) is 3.64. The Balaban J connectivity index is 2.67. The summed E-state index contributed by atoms with van der Waals surface area (Å²) < 4.78 is 27.7. The van der Waals surface area contributed by atoms with E-state index in [0.29, 0.717) is 32.0 Å². The number of hydrogen-bond donors (Lipinski definition) is 1. The topological polar surface area (TPSA) is 66.6 Å². The first kappa shape index (κ1) is 14.9. The number of rotatable bonds is 5. The van der Waals surface area contributed by atoms with Crippen molar-refractivity contribution in [3.8, 4) is 0 Å². The quantitative estimate of drug-likeness (QED) is 0.791. The summed E-state index contributed by atoms with van der Waals surface area (Å²) in [5.41, 5.74) is 5.47. The minimum atomic E-state index is -3.30. The highest BCUT2D eigenvalue weighted by atomic mass is 32.2. The van der Waals surface area contributed by atoms with Crippen molar-refractivity contribution in [2.45, 2.75) is 39.2 Å². The predicted molar refractivity (Wildman–Crippen MR) is 69.8 cm³/mol. The summed E-state index contributed by atoms with van der Waals surface area (Å²) in [7, 11) is -1.65. The first-order valence-electron chi connectivity index (χ1n) is 6.32. The van der Waals surface area contributed by atoms with Crippen molar-refractivity contribution in [3.63, 3.8) is 0 Å². The molecular weight excluding hydrogens is 238 g/mol. The van der Waals surface area contributed by atoms with E-state index in [4.69, 9.17) is 5.73 Å². The molecule has 1 aliphatic heterocycles. The third-order valence-corrected chi connectivity index (χ3v) is 5.74. The first-order valence-corrected chi connectivity index (χ1v) is 7.72. The Kier molecular flexibility index (Phi) is 5.37. The molecule has 0 aromatic carbocycles. The van der Waals surface area contributed by atoms with Gasteiger partial charge in [0.15, 0.2) is 0 Å². The Morgan fingerprint density at radius 2 is 1.94 bits per heavy atom. The van der Waals surface area contributed by atoms with E-state index < -0.39 is 10.2 Å². The molecule has 1 saturated heterocycles. The zero-order valence-electron chi connectivity index (χ0n) is 11.1. The van der Waals surface area contributed by atoms with E-state index in [1.807, 2.05) is 6.92 Å². The number of piperidine rings is 1. The van der Waals surface area contributed by atoms with Crippen LogP contribution in [-0.2, 0) is 10.2 Å². The van der Waals surface area contributed by atoms with Gasteiger partial charge in [-0.2, -0.15) is 17.0 Å². The SMILES string of the molecule is CC1CCN(S(=O)(=O)N(C)C(C)CCN)CC1. The maximum atomic E-state index is 12.3. The van der Waals surface area contributed by atoms with Gasteiger partial charge in [0.1, 0.15) is 0 Å². The fourth-order valence-electron chi connectivity index (χ4n) is 2.05. The molecule has 1 fully saturated rings. The van der Waals surface area contributed by atoms with Crippen LogP contribution < -0.4 is 5.73 Å². The number of nitrogens with two attached hydrogens (primary N) is 1.